The highest BCUT2D eigenvalue weighted by Gasteiger charge is 2.16. The van der Waals surface area contributed by atoms with Crippen molar-refractivity contribution in [2.24, 2.45) is 4.99 Å². The van der Waals surface area contributed by atoms with Crippen molar-refractivity contribution in [3.05, 3.63) is 40.7 Å². The van der Waals surface area contributed by atoms with Crippen molar-refractivity contribution in [3.8, 4) is 5.75 Å². The minimum Gasteiger partial charge on any atom is -0.467 e. The van der Waals surface area contributed by atoms with Crippen molar-refractivity contribution in [2.45, 2.75) is 45.1 Å². The second-order valence-corrected chi connectivity index (χ2v) is 6.70. The van der Waals surface area contributed by atoms with Crippen LogP contribution in [0.15, 0.2) is 28.8 Å². The molecular formula is C20H28FN3O2. The van der Waals surface area contributed by atoms with Crippen molar-refractivity contribution >= 4 is 5.96 Å². The molecule has 0 bridgehead atoms. The molecule has 3 rings (SSSR count). The number of fused-ring (bicyclic) bond motifs is 1. The molecule has 1 aliphatic heterocycles. The van der Waals surface area contributed by atoms with Gasteiger partial charge in [0.05, 0.1) is 6.61 Å². The highest BCUT2D eigenvalue weighted by atomic mass is 19.1. The van der Waals surface area contributed by atoms with E-state index in [9.17, 15) is 4.39 Å². The molecule has 0 aromatic heterocycles. The topological polar surface area (TPSA) is 54.9 Å². The predicted octanol–water partition coefficient (Wildman–Crippen LogP) is 3.29. The maximum absolute atomic E-state index is 13.8. The quantitative estimate of drug-likeness (QED) is 0.464. The minimum atomic E-state index is -0.254. The lowest BCUT2D eigenvalue weighted by atomic mass is 9.97. The molecule has 0 unspecified atom stereocenters. The lowest BCUT2D eigenvalue weighted by molar-refractivity contribution is -0.0172. The van der Waals surface area contributed by atoms with E-state index in [4.69, 9.17) is 9.47 Å². The third-order valence-corrected chi connectivity index (χ3v) is 4.79. The Morgan fingerprint density at radius 1 is 1.19 bits per heavy atom. The number of aliphatic imine (C=N–C) groups is 1. The molecule has 0 saturated carbocycles. The fraction of sp³-hybridized carbons (Fsp3) is 0.550. The van der Waals surface area contributed by atoms with Crippen LogP contribution in [0.2, 0.25) is 0 Å². The Hall–Kier alpha value is -2.08. The summed E-state index contributed by atoms with van der Waals surface area (Å²) in [4.78, 5) is 4.26. The first-order valence-electron chi connectivity index (χ1n) is 9.40. The first-order chi connectivity index (χ1) is 12.8. The molecule has 1 aromatic rings. The Labute approximate surface area is 154 Å². The second kappa shape index (κ2) is 9.57. The van der Waals surface area contributed by atoms with E-state index in [0.29, 0.717) is 19.6 Å². The van der Waals surface area contributed by atoms with Crippen molar-refractivity contribution in [1.29, 1.82) is 0 Å². The van der Waals surface area contributed by atoms with Gasteiger partial charge in [0.2, 0.25) is 0 Å². The third-order valence-electron chi connectivity index (χ3n) is 4.79. The van der Waals surface area contributed by atoms with E-state index in [1.165, 1.54) is 37.8 Å². The fourth-order valence-electron chi connectivity index (χ4n) is 3.45. The Kier molecular flexibility index (Phi) is 6.89. The Balaban J connectivity index is 1.46. The van der Waals surface area contributed by atoms with Gasteiger partial charge in [-0.25, -0.2) is 4.39 Å². The van der Waals surface area contributed by atoms with Gasteiger partial charge in [-0.2, -0.15) is 0 Å². The summed E-state index contributed by atoms with van der Waals surface area (Å²) in [7, 11) is 1.76. The zero-order chi connectivity index (χ0) is 18.2. The number of halogens is 1. The maximum Gasteiger partial charge on any atom is 0.190 e. The molecule has 0 atom stereocenters. The molecule has 1 aliphatic carbocycles. The first kappa shape index (κ1) is 18.7. The lowest BCUT2D eigenvalue weighted by Crippen LogP contribution is -2.38. The van der Waals surface area contributed by atoms with Crippen LogP contribution in [0.25, 0.3) is 0 Å². The number of ether oxygens (including phenoxy) is 2. The van der Waals surface area contributed by atoms with Crippen LogP contribution < -0.4 is 15.4 Å². The number of guanidine groups is 1. The molecule has 0 amide bonds. The zero-order valence-corrected chi connectivity index (χ0v) is 15.4. The first-order valence-corrected chi connectivity index (χ1v) is 9.40. The average molecular weight is 361 g/mol. The van der Waals surface area contributed by atoms with E-state index in [0.717, 1.165) is 35.8 Å². The van der Waals surface area contributed by atoms with Gasteiger partial charge in [0.1, 0.15) is 11.6 Å². The molecule has 26 heavy (non-hydrogen) atoms. The van der Waals surface area contributed by atoms with Gasteiger partial charge in [-0.3, -0.25) is 4.99 Å². The van der Waals surface area contributed by atoms with Gasteiger partial charge < -0.3 is 20.1 Å². The predicted molar refractivity (Wildman–Crippen MR) is 101 cm³/mol. The van der Waals surface area contributed by atoms with Crippen LogP contribution in [-0.4, -0.2) is 32.9 Å². The number of hydrogen-bond acceptors (Lipinski definition) is 3. The van der Waals surface area contributed by atoms with E-state index in [-0.39, 0.29) is 12.6 Å². The summed E-state index contributed by atoms with van der Waals surface area (Å²) < 4.78 is 24.6. The van der Waals surface area contributed by atoms with Crippen LogP contribution in [0.1, 0.15) is 43.2 Å². The second-order valence-electron chi connectivity index (χ2n) is 6.70. The number of hydrogen-bond donors (Lipinski definition) is 2. The monoisotopic (exact) mass is 361 g/mol. The highest BCUT2D eigenvalue weighted by molar-refractivity contribution is 5.79. The number of nitrogens with zero attached hydrogens (tertiary/aromatic N) is 1. The van der Waals surface area contributed by atoms with Crippen molar-refractivity contribution in [3.63, 3.8) is 0 Å². The van der Waals surface area contributed by atoms with Crippen LogP contribution in [0.3, 0.4) is 0 Å². The zero-order valence-electron chi connectivity index (χ0n) is 15.4. The molecule has 1 aromatic carbocycles. The smallest absolute Gasteiger partial charge is 0.190 e. The molecule has 0 saturated heterocycles. The molecule has 0 spiro atoms. The van der Waals surface area contributed by atoms with Gasteiger partial charge in [0, 0.05) is 25.7 Å². The lowest BCUT2D eigenvalue weighted by Gasteiger charge is -2.21. The largest absolute Gasteiger partial charge is 0.467 e. The van der Waals surface area contributed by atoms with Crippen LogP contribution in [-0.2, 0) is 17.8 Å². The molecule has 6 heteroatoms. The number of allylic oxidation sites excluding steroid dienone is 1. The molecule has 0 radical (unpaired) electrons. The van der Waals surface area contributed by atoms with Gasteiger partial charge in [0.25, 0.3) is 0 Å². The van der Waals surface area contributed by atoms with Crippen LogP contribution >= 0.6 is 0 Å². The summed E-state index contributed by atoms with van der Waals surface area (Å²) in [6.07, 6.45) is 9.16. The Morgan fingerprint density at radius 2 is 2.04 bits per heavy atom. The Morgan fingerprint density at radius 3 is 2.81 bits per heavy atom. The minimum absolute atomic E-state index is 0.220. The standard InChI is InChI=1S/C20H28FN3O2/c1-22-20(23-9-7-15-5-3-2-4-6-15)24-10-8-16-11-18(21)12-17-13-25-14-26-19(16)17/h5,11-12H,2-4,6-10,13-14H2,1H3,(H2,22,23,24). The number of rotatable bonds is 6. The third kappa shape index (κ3) is 5.21. The van der Waals surface area contributed by atoms with Gasteiger partial charge >= 0.3 is 0 Å². The molecule has 5 nitrogen and oxygen atoms in total. The van der Waals surface area contributed by atoms with E-state index in [2.05, 4.69) is 21.7 Å². The van der Waals surface area contributed by atoms with Gasteiger partial charge in [-0.15, -0.1) is 0 Å². The molecule has 1 heterocycles. The van der Waals surface area contributed by atoms with E-state index in [1.54, 1.807) is 12.6 Å². The van der Waals surface area contributed by atoms with Gasteiger partial charge in [-0.05, 0) is 56.2 Å². The molecule has 2 N–H and O–H groups in total. The van der Waals surface area contributed by atoms with Crippen molar-refractivity contribution in [2.75, 3.05) is 26.9 Å². The van der Waals surface area contributed by atoms with Crippen LogP contribution in [0, 0.1) is 5.82 Å². The summed E-state index contributed by atoms with van der Waals surface area (Å²) in [5.41, 5.74) is 3.18. The van der Waals surface area contributed by atoms with Crippen molar-refractivity contribution < 1.29 is 13.9 Å². The normalized spacial score (nSPS) is 17.2. The molecule has 2 aliphatic rings. The van der Waals surface area contributed by atoms with Gasteiger partial charge in [0.15, 0.2) is 12.8 Å². The SMILES string of the molecule is CN=C(NCCC1=CCCCC1)NCCc1cc(F)cc2c1OCOC2. The van der Waals surface area contributed by atoms with Crippen molar-refractivity contribution in [1.82, 2.24) is 10.6 Å². The summed E-state index contributed by atoms with van der Waals surface area (Å²) in [6, 6.07) is 3.02. The number of benzene rings is 1. The fourth-order valence-corrected chi connectivity index (χ4v) is 3.45. The Bertz CT molecular complexity index is 673. The van der Waals surface area contributed by atoms with Gasteiger partial charge in [-0.1, -0.05) is 11.6 Å². The van der Waals surface area contributed by atoms with Crippen LogP contribution in [0.5, 0.6) is 5.75 Å². The summed E-state index contributed by atoms with van der Waals surface area (Å²) in [6.45, 7) is 2.15. The average Bonchev–Trinajstić information content (AvgIpc) is 2.67. The van der Waals surface area contributed by atoms with E-state index < -0.39 is 0 Å². The molecular weight excluding hydrogens is 333 g/mol. The summed E-state index contributed by atoms with van der Waals surface area (Å²) in [5.74, 6) is 1.28. The van der Waals surface area contributed by atoms with E-state index >= 15 is 0 Å². The highest BCUT2D eigenvalue weighted by Crippen LogP contribution is 2.29. The van der Waals surface area contributed by atoms with Crippen LogP contribution in [0.4, 0.5) is 4.39 Å². The summed E-state index contributed by atoms with van der Waals surface area (Å²) in [5, 5.41) is 6.64. The number of nitrogens with one attached hydrogen (secondary N) is 2. The molecule has 142 valence electrons. The maximum atomic E-state index is 13.8. The summed E-state index contributed by atoms with van der Waals surface area (Å²) >= 11 is 0. The van der Waals surface area contributed by atoms with E-state index in [1.807, 2.05) is 0 Å². The molecule has 0 fully saturated rings.